The molecule has 0 aliphatic carbocycles. The van der Waals surface area contributed by atoms with Gasteiger partial charge in [0.25, 0.3) is 0 Å². The van der Waals surface area contributed by atoms with Crippen molar-refractivity contribution in [3.8, 4) is 0 Å². The van der Waals surface area contributed by atoms with E-state index in [1.807, 2.05) is 11.3 Å². The molecule has 2 unspecified atom stereocenters. The molecular weight excluding hydrogens is 330 g/mol. The first-order valence-corrected chi connectivity index (χ1v) is 9.12. The van der Waals surface area contributed by atoms with Crippen LogP contribution in [0.4, 0.5) is 0 Å². The van der Waals surface area contributed by atoms with Gasteiger partial charge in [-0.15, -0.1) is 11.3 Å². The molecule has 0 spiro atoms. The van der Waals surface area contributed by atoms with Gasteiger partial charge in [-0.3, -0.25) is 0 Å². The maximum atomic E-state index is 3.76. The first-order chi connectivity index (χ1) is 9.56. The van der Waals surface area contributed by atoms with Crippen LogP contribution in [0.3, 0.4) is 0 Å². The average Bonchev–Trinajstić information content (AvgIpc) is 2.84. The molecular formula is C17H24BrNS. The summed E-state index contributed by atoms with van der Waals surface area (Å²) < 4.78 is 2.57. The van der Waals surface area contributed by atoms with Crippen LogP contribution in [0.1, 0.15) is 45.7 Å². The summed E-state index contributed by atoms with van der Waals surface area (Å²) >= 11 is 5.51. The Morgan fingerprint density at radius 3 is 2.65 bits per heavy atom. The second-order valence-corrected chi connectivity index (χ2v) is 7.58. The van der Waals surface area contributed by atoms with Crippen LogP contribution in [-0.4, -0.2) is 6.54 Å². The van der Waals surface area contributed by atoms with Gasteiger partial charge in [-0.05, 0) is 63.1 Å². The minimum absolute atomic E-state index is 0.443. The van der Waals surface area contributed by atoms with Crippen molar-refractivity contribution in [3.63, 3.8) is 0 Å². The van der Waals surface area contributed by atoms with Crippen LogP contribution in [-0.2, 0) is 0 Å². The fraction of sp³-hybridized carbons (Fsp3) is 0.529. The summed E-state index contributed by atoms with van der Waals surface area (Å²) in [5.74, 6) is 1.30. The fourth-order valence-electron chi connectivity index (χ4n) is 2.55. The molecule has 2 aromatic rings. The molecule has 110 valence electrons. The van der Waals surface area contributed by atoms with Crippen LogP contribution in [0.5, 0.6) is 0 Å². The minimum atomic E-state index is 0.443. The van der Waals surface area contributed by atoms with Gasteiger partial charge in [-0.25, -0.2) is 0 Å². The number of rotatable bonds is 6. The van der Waals surface area contributed by atoms with E-state index in [9.17, 15) is 0 Å². The number of hydrogen-bond donors (Lipinski definition) is 1. The number of fused-ring (bicyclic) bond motifs is 1. The molecule has 1 aromatic heterocycles. The topological polar surface area (TPSA) is 12.0 Å². The molecule has 20 heavy (non-hydrogen) atoms. The van der Waals surface area contributed by atoms with E-state index in [2.05, 4.69) is 72.5 Å². The predicted molar refractivity (Wildman–Crippen MR) is 94.6 cm³/mol. The highest BCUT2D eigenvalue weighted by atomic mass is 79.9. The third-order valence-electron chi connectivity index (χ3n) is 4.11. The molecule has 2 atom stereocenters. The van der Waals surface area contributed by atoms with Crippen molar-refractivity contribution in [2.45, 2.75) is 40.2 Å². The highest BCUT2D eigenvalue weighted by Crippen LogP contribution is 2.38. The molecule has 0 saturated carbocycles. The second-order valence-electron chi connectivity index (χ2n) is 5.84. The van der Waals surface area contributed by atoms with Gasteiger partial charge in [-0.2, -0.15) is 0 Å². The molecule has 0 fully saturated rings. The Morgan fingerprint density at radius 1 is 1.25 bits per heavy atom. The monoisotopic (exact) mass is 353 g/mol. The molecule has 0 bridgehead atoms. The number of halogens is 1. The molecule has 1 heterocycles. The Hall–Kier alpha value is -0.380. The van der Waals surface area contributed by atoms with Crippen LogP contribution in [0.25, 0.3) is 10.1 Å². The summed E-state index contributed by atoms with van der Waals surface area (Å²) in [6, 6.07) is 6.96. The molecule has 2 rings (SSSR count). The Kier molecular flexibility index (Phi) is 5.65. The van der Waals surface area contributed by atoms with Gasteiger partial charge < -0.3 is 5.32 Å². The van der Waals surface area contributed by atoms with Gasteiger partial charge in [0.05, 0.1) is 0 Å². The standard InChI is InChI=1S/C17H24BrNS/c1-5-9-19-16(12(4)11(2)3)14-10-20-17-13(14)7-6-8-15(17)18/h6-8,10-12,16,19H,5,9H2,1-4H3. The third kappa shape index (κ3) is 3.26. The van der Waals surface area contributed by atoms with Crippen molar-refractivity contribution >= 4 is 37.4 Å². The van der Waals surface area contributed by atoms with Crippen molar-refractivity contribution in [1.29, 1.82) is 0 Å². The number of hydrogen-bond acceptors (Lipinski definition) is 2. The van der Waals surface area contributed by atoms with Crippen LogP contribution >= 0.6 is 27.3 Å². The highest BCUT2D eigenvalue weighted by Gasteiger charge is 2.24. The minimum Gasteiger partial charge on any atom is -0.310 e. The van der Waals surface area contributed by atoms with Gasteiger partial charge in [0, 0.05) is 15.2 Å². The molecule has 1 nitrogen and oxygen atoms in total. The maximum absolute atomic E-state index is 3.76. The lowest BCUT2D eigenvalue weighted by Gasteiger charge is -2.28. The first-order valence-electron chi connectivity index (χ1n) is 7.45. The molecule has 0 radical (unpaired) electrons. The number of nitrogens with one attached hydrogen (secondary N) is 1. The van der Waals surface area contributed by atoms with E-state index in [1.54, 1.807) is 0 Å². The van der Waals surface area contributed by atoms with Crippen molar-refractivity contribution in [3.05, 3.63) is 33.6 Å². The van der Waals surface area contributed by atoms with Gasteiger partial charge in [0.2, 0.25) is 0 Å². The predicted octanol–water partition coefficient (Wildman–Crippen LogP) is 6.00. The van der Waals surface area contributed by atoms with E-state index in [1.165, 1.54) is 26.5 Å². The summed E-state index contributed by atoms with van der Waals surface area (Å²) in [5.41, 5.74) is 1.46. The molecule has 0 saturated heterocycles. The Labute approximate surface area is 134 Å². The van der Waals surface area contributed by atoms with Crippen LogP contribution in [0, 0.1) is 11.8 Å². The van der Waals surface area contributed by atoms with Crippen LogP contribution in [0.15, 0.2) is 28.1 Å². The summed E-state index contributed by atoms with van der Waals surface area (Å²) in [7, 11) is 0. The normalized spacial score (nSPS) is 14.9. The van der Waals surface area contributed by atoms with Crippen molar-refractivity contribution in [2.24, 2.45) is 11.8 Å². The summed E-state index contributed by atoms with van der Waals surface area (Å²) in [6.45, 7) is 10.3. The lowest BCUT2D eigenvalue weighted by atomic mass is 9.86. The smallest absolute Gasteiger partial charge is 0.0488 e. The van der Waals surface area contributed by atoms with Crippen molar-refractivity contribution in [2.75, 3.05) is 6.54 Å². The van der Waals surface area contributed by atoms with Crippen molar-refractivity contribution < 1.29 is 0 Å². The highest BCUT2D eigenvalue weighted by molar-refractivity contribution is 9.10. The molecule has 0 aliphatic rings. The average molecular weight is 354 g/mol. The third-order valence-corrected chi connectivity index (χ3v) is 6.08. The lowest BCUT2D eigenvalue weighted by molar-refractivity contribution is 0.305. The van der Waals surface area contributed by atoms with Gasteiger partial charge in [0.1, 0.15) is 0 Å². The fourth-order valence-corrected chi connectivity index (χ4v) is 4.20. The molecule has 1 aromatic carbocycles. The van der Waals surface area contributed by atoms with Gasteiger partial charge in [0.15, 0.2) is 0 Å². The zero-order valence-corrected chi connectivity index (χ0v) is 15.1. The molecule has 3 heteroatoms. The lowest BCUT2D eigenvalue weighted by Crippen LogP contribution is -2.30. The first kappa shape index (κ1) is 16.0. The van der Waals surface area contributed by atoms with Gasteiger partial charge >= 0.3 is 0 Å². The van der Waals surface area contributed by atoms with Crippen molar-refractivity contribution in [1.82, 2.24) is 5.32 Å². The Bertz CT molecular complexity index is 561. The summed E-state index contributed by atoms with van der Waals surface area (Å²) in [5, 5.41) is 7.48. The quantitative estimate of drug-likeness (QED) is 0.671. The van der Waals surface area contributed by atoms with E-state index >= 15 is 0 Å². The second kappa shape index (κ2) is 7.06. The number of thiophene rings is 1. The SMILES string of the molecule is CCCNC(c1csc2c(Br)cccc12)C(C)C(C)C. The summed E-state index contributed by atoms with van der Waals surface area (Å²) in [4.78, 5) is 0. The molecule has 1 N–H and O–H groups in total. The zero-order valence-electron chi connectivity index (χ0n) is 12.7. The summed E-state index contributed by atoms with van der Waals surface area (Å²) in [6.07, 6.45) is 1.17. The van der Waals surface area contributed by atoms with E-state index < -0.39 is 0 Å². The van der Waals surface area contributed by atoms with E-state index in [0.29, 0.717) is 17.9 Å². The maximum Gasteiger partial charge on any atom is 0.0488 e. The van der Waals surface area contributed by atoms with Crippen LogP contribution in [0.2, 0.25) is 0 Å². The van der Waals surface area contributed by atoms with E-state index in [4.69, 9.17) is 0 Å². The van der Waals surface area contributed by atoms with Gasteiger partial charge in [-0.1, -0.05) is 39.8 Å². The Balaban J connectivity index is 2.42. The Morgan fingerprint density at radius 2 is 2.00 bits per heavy atom. The molecule has 0 aliphatic heterocycles. The van der Waals surface area contributed by atoms with Crippen LogP contribution < -0.4 is 5.32 Å². The molecule has 0 amide bonds. The van der Waals surface area contributed by atoms with E-state index in [0.717, 1.165) is 6.54 Å². The largest absolute Gasteiger partial charge is 0.310 e. The number of benzene rings is 1. The zero-order chi connectivity index (χ0) is 14.7. The van der Waals surface area contributed by atoms with E-state index in [-0.39, 0.29) is 0 Å².